The second kappa shape index (κ2) is 5.98. The molecule has 7 heteroatoms. The molecule has 0 bridgehead atoms. The van der Waals surface area contributed by atoms with Crippen LogP contribution in [0.1, 0.15) is 16.1 Å². The molecule has 0 radical (unpaired) electrons. The van der Waals surface area contributed by atoms with E-state index in [4.69, 9.17) is 21.1 Å². The Hall–Kier alpha value is -0.980. The number of furan rings is 1. The lowest BCUT2D eigenvalue weighted by Gasteiger charge is -2.06. The van der Waals surface area contributed by atoms with Crippen molar-refractivity contribution in [1.82, 2.24) is 0 Å². The molecule has 2 N–H and O–H groups in total. The summed E-state index contributed by atoms with van der Waals surface area (Å²) in [6.45, 7) is 0.435. The predicted molar refractivity (Wildman–Crippen MR) is 79.8 cm³/mol. The topological polar surface area (TPSA) is 62.5 Å². The average Bonchev–Trinajstić information content (AvgIpc) is 2.67. The van der Waals surface area contributed by atoms with Gasteiger partial charge in [0.25, 0.3) is 0 Å². The first-order valence-corrected chi connectivity index (χ1v) is 7.14. The van der Waals surface area contributed by atoms with Crippen LogP contribution in [-0.4, -0.2) is 11.1 Å². The number of rotatable bonds is 4. The van der Waals surface area contributed by atoms with Gasteiger partial charge in [0.1, 0.15) is 5.76 Å². The first kappa shape index (κ1) is 14.4. The Balaban J connectivity index is 2.11. The SMILES string of the molecule is O=C(O)c1cc(NCc2cc(Br)c(Br)o2)ccc1Cl. The van der Waals surface area contributed by atoms with Crippen molar-refractivity contribution in [1.29, 1.82) is 0 Å². The lowest BCUT2D eigenvalue weighted by Crippen LogP contribution is -2.02. The molecule has 1 aromatic carbocycles. The Morgan fingerprint density at radius 1 is 1.37 bits per heavy atom. The molecule has 0 aliphatic rings. The van der Waals surface area contributed by atoms with Gasteiger partial charge in [-0.25, -0.2) is 4.79 Å². The van der Waals surface area contributed by atoms with E-state index in [1.807, 2.05) is 6.07 Å². The number of nitrogens with one attached hydrogen (secondary N) is 1. The fourth-order valence-corrected chi connectivity index (χ4v) is 2.32. The van der Waals surface area contributed by atoms with Crippen LogP contribution in [0.3, 0.4) is 0 Å². The van der Waals surface area contributed by atoms with Crippen LogP contribution in [0.5, 0.6) is 0 Å². The monoisotopic (exact) mass is 407 g/mol. The van der Waals surface area contributed by atoms with E-state index in [1.165, 1.54) is 6.07 Å². The van der Waals surface area contributed by atoms with Gasteiger partial charge in [-0.2, -0.15) is 0 Å². The number of hydrogen-bond donors (Lipinski definition) is 2. The number of anilines is 1. The van der Waals surface area contributed by atoms with Crippen molar-refractivity contribution in [2.75, 3.05) is 5.32 Å². The van der Waals surface area contributed by atoms with E-state index in [0.717, 1.165) is 4.47 Å². The maximum absolute atomic E-state index is 11.0. The maximum Gasteiger partial charge on any atom is 0.337 e. The van der Waals surface area contributed by atoms with Crippen LogP contribution in [0.25, 0.3) is 0 Å². The molecule has 1 heterocycles. The van der Waals surface area contributed by atoms with Crippen LogP contribution in [0.4, 0.5) is 5.69 Å². The highest BCUT2D eigenvalue weighted by Gasteiger charge is 2.10. The molecule has 2 aromatic rings. The molecule has 2 rings (SSSR count). The molecule has 19 heavy (non-hydrogen) atoms. The highest BCUT2D eigenvalue weighted by atomic mass is 79.9. The highest BCUT2D eigenvalue weighted by molar-refractivity contribution is 9.13. The summed E-state index contributed by atoms with van der Waals surface area (Å²) >= 11 is 12.4. The number of carboxylic acid groups (broad SMARTS) is 1. The number of aromatic carboxylic acids is 1. The standard InChI is InChI=1S/C12H8Br2ClNO3/c13-9-4-7(19-11(9)14)5-16-6-1-2-10(15)8(3-6)12(17)18/h1-4,16H,5H2,(H,17,18). The Morgan fingerprint density at radius 3 is 2.68 bits per heavy atom. The molecule has 1 aromatic heterocycles. The van der Waals surface area contributed by atoms with Crippen LogP contribution < -0.4 is 5.32 Å². The van der Waals surface area contributed by atoms with Gasteiger partial charge in [-0.1, -0.05) is 11.6 Å². The molecule has 0 unspecified atom stereocenters. The maximum atomic E-state index is 11.0. The molecule has 0 saturated carbocycles. The molecule has 0 fully saturated rings. The molecule has 4 nitrogen and oxygen atoms in total. The minimum absolute atomic E-state index is 0.0634. The lowest BCUT2D eigenvalue weighted by molar-refractivity contribution is 0.0697. The summed E-state index contributed by atoms with van der Waals surface area (Å²) < 4.78 is 6.85. The second-order valence-electron chi connectivity index (χ2n) is 3.69. The highest BCUT2D eigenvalue weighted by Crippen LogP contribution is 2.27. The summed E-state index contributed by atoms with van der Waals surface area (Å²) in [6, 6.07) is 6.56. The molecule has 0 atom stereocenters. The third-order valence-corrected chi connectivity index (χ3v) is 4.40. The normalized spacial score (nSPS) is 10.5. The van der Waals surface area contributed by atoms with Gasteiger partial charge in [-0.3, -0.25) is 0 Å². The van der Waals surface area contributed by atoms with Gasteiger partial charge in [-0.15, -0.1) is 0 Å². The van der Waals surface area contributed by atoms with E-state index in [9.17, 15) is 4.79 Å². The second-order valence-corrected chi connectivity index (χ2v) is 5.67. The summed E-state index contributed by atoms with van der Waals surface area (Å²) in [5.74, 6) is -0.345. The first-order chi connectivity index (χ1) is 8.97. The van der Waals surface area contributed by atoms with Crippen LogP contribution in [0, 0.1) is 0 Å². The largest absolute Gasteiger partial charge is 0.478 e. The van der Waals surface area contributed by atoms with E-state index in [0.29, 0.717) is 22.7 Å². The zero-order valence-corrected chi connectivity index (χ0v) is 13.3. The molecule has 0 aliphatic carbocycles. The van der Waals surface area contributed by atoms with Crippen molar-refractivity contribution in [3.8, 4) is 0 Å². The molecule has 0 saturated heterocycles. The Labute approximate surface area is 131 Å². The molecular formula is C12H8Br2ClNO3. The van der Waals surface area contributed by atoms with Crippen LogP contribution in [0.2, 0.25) is 5.02 Å². The smallest absolute Gasteiger partial charge is 0.337 e. The van der Waals surface area contributed by atoms with E-state index >= 15 is 0 Å². The Kier molecular flexibility index (Phi) is 4.54. The minimum atomic E-state index is -1.06. The third-order valence-electron chi connectivity index (χ3n) is 2.36. The van der Waals surface area contributed by atoms with Gasteiger partial charge in [-0.05, 0) is 56.1 Å². The van der Waals surface area contributed by atoms with Gasteiger partial charge < -0.3 is 14.8 Å². The van der Waals surface area contributed by atoms with Crippen molar-refractivity contribution in [3.63, 3.8) is 0 Å². The summed E-state index contributed by atoms with van der Waals surface area (Å²) in [7, 11) is 0. The van der Waals surface area contributed by atoms with E-state index in [2.05, 4.69) is 37.2 Å². The molecule has 100 valence electrons. The predicted octanol–water partition coefficient (Wildman–Crippen LogP) is 4.77. The zero-order valence-electron chi connectivity index (χ0n) is 9.41. The summed E-state index contributed by atoms with van der Waals surface area (Å²) in [6.07, 6.45) is 0. The molecule has 0 aliphatic heterocycles. The fraction of sp³-hybridized carbons (Fsp3) is 0.0833. The van der Waals surface area contributed by atoms with Crippen molar-refractivity contribution in [3.05, 3.63) is 49.8 Å². The van der Waals surface area contributed by atoms with Crippen molar-refractivity contribution < 1.29 is 14.3 Å². The van der Waals surface area contributed by atoms with Gasteiger partial charge in [0, 0.05) is 5.69 Å². The molecular weight excluding hydrogens is 401 g/mol. The summed E-state index contributed by atoms with van der Waals surface area (Å²) in [4.78, 5) is 11.0. The van der Waals surface area contributed by atoms with Crippen LogP contribution >= 0.6 is 43.5 Å². The molecule has 0 amide bonds. The third kappa shape index (κ3) is 3.52. The number of halogens is 3. The fourth-order valence-electron chi connectivity index (χ4n) is 1.47. The molecule has 0 spiro atoms. The Bertz CT molecular complexity index is 608. The van der Waals surface area contributed by atoms with Gasteiger partial charge in [0.15, 0.2) is 4.67 Å². The minimum Gasteiger partial charge on any atom is -0.478 e. The number of carboxylic acids is 1. The van der Waals surface area contributed by atoms with Gasteiger partial charge in [0.2, 0.25) is 0 Å². The van der Waals surface area contributed by atoms with Crippen molar-refractivity contribution in [2.45, 2.75) is 6.54 Å². The van der Waals surface area contributed by atoms with Gasteiger partial charge in [0.05, 0.1) is 21.6 Å². The Morgan fingerprint density at radius 2 is 2.11 bits per heavy atom. The van der Waals surface area contributed by atoms with Crippen LogP contribution in [-0.2, 0) is 6.54 Å². The van der Waals surface area contributed by atoms with E-state index in [-0.39, 0.29) is 10.6 Å². The summed E-state index contributed by atoms with van der Waals surface area (Å²) in [5, 5.41) is 12.2. The number of hydrogen-bond acceptors (Lipinski definition) is 3. The van der Waals surface area contributed by atoms with Crippen LogP contribution in [0.15, 0.2) is 37.8 Å². The number of carbonyl (C=O) groups is 1. The van der Waals surface area contributed by atoms with Crippen molar-refractivity contribution >= 4 is 55.1 Å². The zero-order chi connectivity index (χ0) is 14.0. The lowest BCUT2D eigenvalue weighted by atomic mass is 10.2. The quantitative estimate of drug-likeness (QED) is 0.764. The average molecular weight is 409 g/mol. The number of benzene rings is 1. The van der Waals surface area contributed by atoms with E-state index < -0.39 is 5.97 Å². The van der Waals surface area contributed by atoms with E-state index in [1.54, 1.807) is 12.1 Å². The van der Waals surface area contributed by atoms with Crippen molar-refractivity contribution in [2.24, 2.45) is 0 Å². The van der Waals surface area contributed by atoms with Gasteiger partial charge >= 0.3 is 5.97 Å². The first-order valence-electron chi connectivity index (χ1n) is 5.18. The summed E-state index contributed by atoms with van der Waals surface area (Å²) in [5.41, 5.74) is 0.721.